The number of fused-ring (bicyclic) bond motifs is 3. The quantitative estimate of drug-likeness (QED) is 0.505. The average Bonchev–Trinajstić information content (AvgIpc) is 3.41. The van der Waals surface area contributed by atoms with Crippen LogP contribution in [0, 0.1) is 17.5 Å². The molecule has 3 aliphatic rings. The number of pyridine rings is 1. The number of carbonyl (C=O) groups is 3. The summed E-state index contributed by atoms with van der Waals surface area (Å²) >= 11 is 0. The molecule has 3 aromatic rings. The number of likely N-dealkylation sites (tertiary alicyclic amines) is 1. The number of halogens is 3. The molecule has 38 heavy (non-hydrogen) atoms. The van der Waals surface area contributed by atoms with Crippen LogP contribution in [0.15, 0.2) is 48.7 Å². The molecule has 0 saturated carbocycles. The van der Waals surface area contributed by atoms with Gasteiger partial charge in [0.25, 0.3) is 0 Å². The number of aromatic nitrogens is 1. The Bertz CT molecular complexity index is 1510. The average molecular weight is 521 g/mol. The molecule has 1 aliphatic carbocycles. The minimum Gasteiger partial charge on any atom is -0.326 e. The van der Waals surface area contributed by atoms with Crippen LogP contribution in [-0.2, 0) is 32.6 Å². The molecule has 1 saturated heterocycles. The lowest BCUT2D eigenvalue weighted by atomic mass is 9.79. The van der Waals surface area contributed by atoms with E-state index in [0.717, 1.165) is 28.8 Å². The van der Waals surface area contributed by atoms with Crippen molar-refractivity contribution in [2.75, 3.05) is 17.2 Å². The smallest absolute Gasteiger partial charge is 0.244 e. The highest BCUT2D eigenvalue weighted by atomic mass is 19.2. The van der Waals surface area contributed by atoms with E-state index >= 15 is 0 Å². The van der Waals surface area contributed by atoms with Crippen molar-refractivity contribution in [3.8, 4) is 0 Å². The van der Waals surface area contributed by atoms with Gasteiger partial charge in [0.2, 0.25) is 17.7 Å². The van der Waals surface area contributed by atoms with Crippen LogP contribution < -0.4 is 10.6 Å². The molecular formula is C28H23F3N4O3. The first-order valence-corrected chi connectivity index (χ1v) is 12.4. The number of anilines is 2. The highest BCUT2D eigenvalue weighted by Gasteiger charge is 2.51. The second kappa shape index (κ2) is 8.97. The molecule has 2 unspecified atom stereocenters. The topological polar surface area (TPSA) is 91.4 Å². The van der Waals surface area contributed by atoms with Crippen molar-refractivity contribution in [1.29, 1.82) is 0 Å². The predicted molar refractivity (Wildman–Crippen MR) is 132 cm³/mol. The molecule has 2 N–H and O–H groups in total. The summed E-state index contributed by atoms with van der Waals surface area (Å²) in [5.74, 6) is -4.68. The van der Waals surface area contributed by atoms with Crippen LogP contribution in [0.2, 0.25) is 0 Å². The zero-order valence-corrected chi connectivity index (χ0v) is 20.2. The third kappa shape index (κ3) is 3.82. The molecular weight excluding hydrogens is 497 g/mol. The maximum atomic E-state index is 14.5. The summed E-state index contributed by atoms with van der Waals surface area (Å²) in [5, 5.41) is 5.64. The van der Waals surface area contributed by atoms with Crippen molar-refractivity contribution in [1.82, 2.24) is 9.88 Å². The fraction of sp³-hybridized carbons (Fsp3) is 0.286. The van der Waals surface area contributed by atoms with E-state index in [9.17, 15) is 27.6 Å². The van der Waals surface area contributed by atoms with Crippen molar-refractivity contribution in [3.05, 3.63) is 88.4 Å². The van der Waals surface area contributed by atoms with Crippen LogP contribution >= 0.6 is 0 Å². The van der Waals surface area contributed by atoms with Gasteiger partial charge in [-0.25, -0.2) is 18.2 Å². The summed E-state index contributed by atoms with van der Waals surface area (Å²) < 4.78 is 41.9. The number of carbonyl (C=O) groups excluding carboxylic acids is 3. The van der Waals surface area contributed by atoms with Gasteiger partial charge in [0.05, 0.1) is 11.5 Å². The number of amides is 3. The molecule has 3 heterocycles. The van der Waals surface area contributed by atoms with Crippen LogP contribution in [0.3, 0.4) is 0 Å². The monoisotopic (exact) mass is 520 g/mol. The summed E-state index contributed by atoms with van der Waals surface area (Å²) in [6, 6.07) is 10.2. The van der Waals surface area contributed by atoms with E-state index in [-0.39, 0.29) is 30.3 Å². The first kappa shape index (κ1) is 24.1. The summed E-state index contributed by atoms with van der Waals surface area (Å²) in [4.78, 5) is 44.0. The fourth-order valence-electron chi connectivity index (χ4n) is 5.94. The predicted octanol–water partition coefficient (Wildman–Crippen LogP) is 4.18. The SMILES string of the molecule is O=C(CN1C(=O)CCCC1c1ccc(F)c(F)c1F)Nc1ccc2c(c1)CC1(C2)C(=O)Nc2ncccc21. The van der Waals surface area contributed by atoms with Crippen molar-refractivity contribution in [2.45, 2.75) is 43.6 Å². The largest absolute Gasteiger partial charge is 0.326 e. The Hall–Kier alpha value is -4.21. The Morgan fingerprint density at radius 1 is 1.08 bits per heavy atom. The molecule has 2 aromatic carbocycles. The molecule has 10 heteroatoms. The highest BCUT2D eigenvalue weighted by Crippen LogP contribution is 2.47. The van der Waals surface area contributed by atoms with Gasteiger partial charge in [-0.15, -0.1) is 0 Å². The second-order valence-corrected chi connectivity index (χ2v) is 10.0. The first-order valence-electron chi connectivity index (χ1n) is 12.4. The van der Waals surface area contributed by atoms with Gasteiger partial charge in [-0.1, -0.05) is 18.2 Å². The van der Waals surface area contributed by atoms with Gasteiger partial charge in [-0.05, 0) is 61.1 Å². The summed E-state index contributed by atoms with van der Waals surface area (Å²) in [5.41, 5.74) is 2.37. The van der Waals surface area contributed by atoms with Crippen LogP contribution in [0.4, 0.5) is 24.7 Å². The molecule has 3 amide bonds. The molecule has 1 spiro atoms. The number of piperidine rings is 1. The molecule has 194 valence electrons. The minimum absolute atomic E-state index is 0.105. The van der Waals surface area contributed by atoms with Crippen molar-refractivity contribution < 1.29 is 27.6 Å². The Balaban J connectivity index is 1.20. The maximum Gasteiger partial charge on any atom is 0.244 e. The zero-order chi connectivity index (χ0) is 26.6. The van der Waals surface area contributed by atoms with Crippen LogP contribution in [-0.4, -0.2) is 34.2 Å². The third-order valence-electron chi connectivity index (χ3n) is 7.77. The van der Waals surface area contributed by atoms with E-state index in [2.05, 4.69) is 15.6 Å². The van der Waals surface area contributed by atoms with Gasteiger partial charge in [0, 0.05) is 29.4 Å². The lowest BCUT2D eigenvalue weighted by Gasteiger charge is -2.35. The molecule has 1 aromatic heterocycles. The number of nitrogens with one attached hydrogen (secondary N) is 2. The third-order valence-corrected chi connectivity index (χ3v) is 7.77. The first-order chi connectivity index (χ1) is 18.3. The van der Waals surface area contributed by atoms with E-state index < -0.39 is 34.8 Å². The van der Waals surface area contributed by atoms with Crippen LogP contribution in [0.25, 0.3) is 0 Å². The maximum absolute atomic E-state index is 14.5. The van der Waals surface area contributed by atoms with Crippen LogP contribution in [0.5, 0.6) is 0 Å². The molecule has 0 radical (unpaired) electrons. The molecule has 0 bridgehead atoms. The van der Waals surface area contributed by atoms with Gasteiger partial charge in [-0.3, -0.25) is 14.4 Å². The van der Waals surface area contributed by atoms with E-state index in [1.54, 1.807) is 18.3 Å². The van der Waals surface area contributed by atoms with Gasteiger partial charge in [0.1, 0.15) is 12.4 Å². The number of hydrogen-bond acceptors (Lipinski definition) is 4. The number of hydrogen-bond donors (Lipinski definition) is 2. The normalized spacial score (nSPS) is 21.9. The Kier molecular flexibility index (Phi) is 5.70. The van der Waals surface area contributed by atoms with Gasteiger partial charge in [-0.2, -0.15) is 0 Å². The highest BCUT2D eigenvalue weighted by molar-refractivity contribution is 6.06. The van der Waals surface area contributed by atoms with Gasteiger partial charge in [0.15, 0.2) is 17.5 Å². The number of benzene rings is 2. The van der Waals surface area contributed by atoms with Crippen LogP contribution in [0.1, 0.15) is 47.6 Å². The zero-order valence-electron chi connectivity index (χ0n) is 20.2. The number of rotatable bonds is 4. The van der Waals surface area contributed by atoms with Gasteiger partial charge < -0.3 is 15.5 Å². The van der Waals surface area contributed by atoms with Gasteiger partial charge >= 0.3 is 0 Å². The molecule has 1 fully saturated rings. The van der Waals surface area contributed by atoms with Crippen molar-refractivity contribution in [2.24, 2.45) is 0 Å². The lowest BCUT2D eigenvalue weighted by Crippen LogP contribution is -2.43. The van der Waals surface area contributed by atoms with Crippen molar-refractivity contribution in [3.63, 3.8) is 0 Å². The Morgan fingerprint density at radius 2 is 1.89 bits per heavy atom. The summed E-state index contributed by atoms with van der Waals surface area (Å²) in [6.45, 7) is -0.371. The standard InChI is InChI=1S/C28H23F3N4O3/c29-20-9-8-18(24(30)25(20)31)21-4-1-5-23(37)35(21)14-22(36)33-17-7-6-15-12-28(13-16(15)11-17)19-3-2-10-32-26(19)34-27(28)38/h2-3,6-11,21H,1,4-5,12-14H2,(H,33,36)(H,32,34,38). The Labute approximate surface area is 216 Å². The Morgan fingerprint density at radius 3 is 2.74 bits per heavy atom. The van der Waals surface area contributed by atoms with Crippen molar-refractivity contribution >= 4 is 29.2 Å². The molecule has 6 rings (SSSR count). The molecule has 7 nitrogen and oxygen atoms in total. The molecule has 2 atom stereocenters. The van der Waals surface area contributed by atoms with E-state index in [1.165, 1.54) is 4.90 Å². The van der Waals surface area contributed by atoms with E-state index in [1.807, 2.05) is 18.2 Å². The van der Waals surface area contributed by atoms with E-state index in [4.69, 9.17) is 0 Å². The number of nitrogens with zero attached hydrogens (tertiary/aromatic N) is 2. The molecule has 2 aliphatic heterocycles. The summed E-state index contributed by atoms with van der Waals surface area (Å²) in [6.07, 6.45) is 3.55. The second-order valence-electron chi connectivity index (χ2n) is 10.0. The van der Waals surface area contributed by atoms with E-state index in [0.29, 0.717) is 37.2 Å². The fourth-order valence-corrected chi connectivity index (χ4v) is 5.94. The lowest BCUT2D eigenvalue weighted by molar-refractivity contribution is -0.140. The minimum atomic E-state index is -1.60. The summed E-state index contributed by atoms with van der Waals surface area (Å²) in [7, 11) is 0.